The number of benzene rings is 3. The van der Waals surface area contributed by atoms with E-state index in [4.69, 9.17) is 0 Å². The summed E-state index contributed by atoms with van der Waals surface area (Å²) in [6.07, 6.45) is 3.04. The molecular weight excluding hydrogens is 460 g/mol. The van der Waals surface area contributed by atoms with Crippen LogP contribution in [-0.4, -0.2) is 13.0 Å². The normalized spacial score (nSPS) is 11.8. The van der Waals surface area contributed by atoms with Crippen LogP contribution in [0.5, 0.6) is 0 Å². The zero-order valence-corrected chi connectivity index (χ0v) is 19.2. The van der Waals surface area contributed by atoms with Gasteiger partial charge in [0.1, 0.15) is 11.6 Å². The number of aryl methyl sites for hydroxylation is 1. The number of nitrogens with one attached hydrogen (secondary N) is 2. The van der Waals surface area contributed by atoms with Crippen molar-refractivity contribution in [3.63, 3.8) is 0 Å². The van der Waals surface area contributed by atoms with Crippen molar-refractivity contribution in [2.75, 3.05) is 10.0 Å². The zero-order valence-electron chi connectivity index (χ0n) is 18.3. The Kier molecular flexibility index (Phi) is 6.21. The highest BCUT2D eigenvalue weighted by Gasteiger charge is 2.16. The minimum atomic E-state index is -3.73. The molecule has 0 aliphatic carbocycles. The first-order valence-electron chi connectivity index (χ1n) is 10.3. The van der Waals surface area contributed by atoms with Crippen molar-refractivity contribution >= 4 is 37.9 Å². The first kappa shape index (κ1) is 23.2. The molecule has 0 saturated heterocycles. The molecule has 1 heterocycles. The van der Waals surface area contributed by atoms with Crippen LogP contribution in [0, 0.1) is 11.6 Å². The van der Waals surface area contributed by atoms with E-state index in [0.717, 1.165) is 17.5 Å². The Morgan fingerprint density at radius 1 is 0.912 bits per heavy atom. The summed E-state index contributed by atoms with van der Waals surface area (Å²) in [6.45, 7) is 1.59. The second-order valence-electron chi connectivity index (χ2n) is 7.63. The maximum atomic E-state index is 14.4. The lowest BCUT2D eigenvalue weighted by atomic mass is 9.98. The third-order valence-corrected chi connectivity index (χ3v) is 6.33. The van der Waals surface area contributed by atoms with Gasteiger partial charge in [-0.15, -0.1) is 0 Å². The zero-order chi connectivity index (χ0) is 24.5. The van der Waals surface area contributed by atoms with Crippen LogP contribution in [0.4, 0.5) is 25.8 Å². The lowest BCUT2D eigenvalue weighted by Crippen LogP contribution is -2.16. The number of aromatic nitrogens is 1. The summed E-state index contributed by atoms with van der Waals surface area (Å²) in [4.78, 5) is 12.7. The highest BCUT2D eigenvalue weighted by molar-refractivity contribution is 7.95. The fourth-order valence-electron chi connectivity index (χ4n) is 3.68. The quantitative estimate of drug-likeness (QED) is 0.381. The Hall–Kier alpha value is -3.98. The van der Waals surface area contributed by atoms with E-state index in [1.165, 1.54) is 22.8 Å². The second kappa shape index (κ2) is 9.11. The van der Waals surface area contributed by atoms with Gasteiger partial charge in [0.25, 0.3) is 15.6 Å². The number of hydrogen-bond donors (Lipinski definition) is 2. The lowest BCUT2D eigenvalue weighted by molar-refractivity contribution is 0.586. The summed E-state index contributed by atoms with van der Waals surface area (Å²) in [6, 6.07) is 14.9. The Morgan fingerprint density at radius 2 is 1.62 bits per heavy atom. The Morgan fingerprint density at radius 3 is 2.32 bits per heavy atom. The van der Waals surface area contributed by atoms with Crippen molar-refractivity contribution in [1.29, 1.82) is 0 Å². The Balaban J connectivity index is 1.95. The van der Waals surface area contributed by atoms with Crippen molar-refractivity contribution < 1.29 is 17.2 Å². The molecule has 3 aromatic carbocycles. The summed E-state index contributed by atoms with van der Waals surface area (Å²) in [5, 5.41) is 5.11. The molecule has 0 amide bonds. The van der Waals surface area contributed by atoms with Gasteiger partial charge in [-0.3, -0.25) is 9.52 Å². The van der Waals surface area contributed by atoms with Gasteiger partial charge in [-0.1, -0.05) is 24.3 Å². The smallest absolute Gasteiger partial charge is 0.258 e. The number of hydrogen-bond acceptors (Lipinski definition) is 4. The molecule has 34 heavy (non-hydrogen) atoms. The van der Waals surface area contributed by atoms with Gasteiger partial charge in [0.05, 0.1) is 5.69 Å². The molecule has 0 aliphatic heterocycles. The number of rotatable bonds is 6. The molecule has 0 spiro atoms. The number of halogens is 2. The van der Waals surface area contributed by atoms with Gasteiger partial charge >= 0.3 is 0 Å². The molecule has 0 atom stereocenters. The minimum absolute atomic E-state index is 0.0408. The van der Waals surface area contributed by atoms with E-state index in [-0.39, 0.29) is 16.9 Å². The molecule has 0 fully saturated rings. The van der Waals surface area contributed by atoms with Gasteiger partial charge in [0.15, 0.2) is 0 Å². The summed E-state index contributed by atoms with van der Waals surface area (Å²) >= 11 is 0. The molecule has 0 unspecified atom stereocenters. The van der Waals surface area contributed by atoms with Crippen molar-refractivity contribution in [2.24, 2.45) is 7.05 Å². The summed E-state index contributed by atoms with van der Waals surface area (Å²) in [7, 11) is -2.12. The van der Waals surface area contributed by atoms with Crippen LogP contribution in [-0.2, 0) is 17.1 Å². The molecule has 9 heteroatoms. The van der Waals surface area contributed by atoms with Crippen LogP contribution in [0.15, 0.2) is 83.1 Å². The fraction of sp³-hybridized carbons (Fsp3) is 0.0800. The second-order valence-corrected chi connectivity index (χ2v) is 9.20. The van der Waals surface area contributed by atoms with E-state index in [9.17, 15) is 22.0 Å². The summed E-state index contributed by atoms with van der Waals surface area (Å²) in [5.41, 5.74) is 1.69. The van der Waals surface area contributed by atoms with Crippen LogP contribution in [0.25, 0.3) is 21.9 Å². The van der Waals surface area contributed by atoms with Crippen LogP contribution < -0.4 is 15.6 Å². The largest absolute Gasteiger partial charge is 0.353 e. The van der Waals surface area contributed by atoms with Crippen LogP contribution >= 0.6 is 0 Å². The summed E-state index contributed by atoms with van der Waals surface area (Å²) in [5.74, 6) is -1.49. The average Bonchev–Trinajstić information content (AvgIpc) is 2.79. The molecule has 4 rings (SSSR count). The molecule has 0 radical (unpaired) electrons. The fourth-order valence-corrected chi connectivity index (χ4v) is 4.57. The SMILES string of the molecule is C/C=C/S(=O)(=O)Nc1ccc(Nc2ccc(F)cc2F)c(-c2cn(C)c(=O)c3ccccc23)c1. The van der Waals surface area contributed by atoms with Gasteiger partial charge < -0.3 is 9.88 Å². The number of anilines is 3. The molecule has 0 bridgehead atoms. The van der Waals surface area contributed by atoms with Crippen molar-refractivity contribution in [3.8, 4) is 11.1 Å². The number of sulfonamides is 1. The standard InChI is InChI=1S/C25H21F2N3O3S/c1-3-12-34(32,33)29-17-9-11-23(28-24-10-8-16(26)13-22(24)27)20(14-17)21-15-30(2)25(31)19-7-5-4-6-18(19)21/h3-15,28-29H,1-2H3/b12-3+. The monoisotopic (exact) mass is 481 g/mol. The van der Waals surface area contributed by atoms with Crippen LogP contribution in [0.1, 0.15) is 6.92 Å². The van der Waals surface area contributed by atoms with E-state index in [1.54, 1.807) is 56.6 Å². The Bertz CT molecular complexity index is 1600. The highest BCUT2D eigenvalue weighted by atomic mass is 32.2. The number of nitrogens with zero attached hydrogens (tertiary/aromatic N) is 1. The summed E-state index contributed by atoms with van der Waals surface area (Å²) < 4.78 is 56.2. The predicted octanol–water partition coefficient (Wildman–Crippen LogP) is 5.50. The van der Waals surface area contributed by atoms with Crippen LogP contribution in [0.2, 0.25) is 0 Å². The Labute approximate surface area is 195 Å². The van der Waals surface area contributed by atoms with Crippen molar-refractivity contribution in [1.82, 2.24) is 4.57 Å². The predicted molar refractivity (Wildman–Crippen MR) is 132 cm³/mol. The van der Waals surface area contributed by atoms with E-state index in [2.05, 4.69) is 10.0 Å². The average molecular weight is 482 g/mol. The molecule has 1 aromatic heterocycles. The first-order chi connectivity index (χ1) is 16.2. The molecule has 2 N–H and O–H groups in total. The number of fused-ring (bicyclic) bond motifs is 1. The van der Waals surface area contributed by atoms with E-state index >= 15 is 0 Å². The molecular formula is C25H21F2N3O3S. The first-order valence-corrected chi connectivity index (χ1v) is 11.8. The van der Waals surface area contributed by atoms with Gasteiger partial charge in [0.2, 0.25) is 0 Å². The highest BCUT2D eigenvalue weighted by Crippen LogP contribution is 2.37. The van der Waals surface area contributed by atoms with E-state index in [0.29, 0.717) is 27.6 Å². The van der Waals surface area contributed by atoms with Gasteiger partial charge in [-0.2, -0.15) is 0 Å². The molecule has 0 saturated carbocycles. The van der Waals surface area contributed by atoms with Crippen molar-refractivity contribution in [2.45, 2.75) is 6.92 Å². The number of allylic oxidation sites excluding steroid dienone is 1. The third kappa shape index (κ3) is 4.69. The number of pyridine rings is 1. The van der Waals surface area contributed by atoms with Gasteiger partial charge in [-0.05, 0) is 48.7 Å². The lowest BCUT2D eigenvalue weighted by Gasteiger charge is -2.17. The molecule has 174 valence electrons. The van der Waals surface area contributed by atoms with Gasteiger partial charge in [0, 0.05) is 52.6 Å². The maximum Gasteiger partial charge on any atom is 0.258 e. The van der Waals surface area contributed by atoms with E-state index < -0.39 is 21.7 Å². The van der Waals surface area contributed by atoms with Crippen molar-refractivity contribution in [3.05, 3.63) is 100 Å². The molecule has 4 aromatic rings. The molecule has 0 aliphatic rings. The minimum Gasteiger partial charge on any atom is -0.353 e. The van der Waals surface area contributed by atoms with E-state index in [1.807, 2.05) is 0 Å². The topological polar surface area (TPSA) is 80.2 Å². The molecule has 6 nitrogen and oxygen atoms in total. The van der Waals surface area contributed by atoms with Gasteiger partial charge in [-0.25, -0.2) is 17.2 Å². The maximum absolute atomic E-state index is 14.4. The third-order valence-electron chi connectivity index (χ3n) is 5.18. The van der Waals surface area contributed by atoms with Crippen LogP contribution in [0.3, 0.4) is 0 Å².